The summed E-state index contributed by atoms with van der Waals surface area (Å²) in [6.45, 7) is 2.20. The molecule has 2 saturated heterocycles. The van der Waals surface area contributed by atoms with Crippen molar-refractivity contribution in [3.05, 3.63) is 40.1 Å². The SMILES string of the molecule is CN(c1nc(OCC23CCCN2CC(F)C3)nc2c1COC1(CCCc3ccc(N)c(C#N)c31)C2)C1CC1. The van der Waals surface area contributed by atoms with Crippen LogP contribution in [0.3, 0.4) is 0 Å². The van der Waals surface area contributed by atoms with E-state index in [9.17, 15) is 9.65 Å². The van der Waals surface area contributed by atoms with Crippen LogP contribution in [0.15, 0.2) is 12.1 Å². The van der Waals surface area contributed by atoms with Crippen LogP contribution in [0, 0.1) is 11.3 Å². The van der Waals surface area contributed by atoms with Crippen LogP contribution in [0.2, 0.25) is 0 Å². The zero-order valence-electron chi connectivity index (χ0n) is 22.0. The molecular formula is C29H35FN6O2. The van der Waals surface area contributed by atoms with Crippen LogP contribution in [-0.2, 0) is 29.8 Å². The standard InChI is InChI=1S/C29H35FN6O2/c1-35(20-6-7-20)26-22-16-38-29(10-2-4-18-5-8-23(32)21(14-31)25(18)29)13-24(22)33-27(34-26)37-17-28-9-3-11-36(28)15-19(30)12-28/h5,8,19-20H,2-4,6-7,9-13,15-17,32H2,1H3. The molecule has 200 valence electrons. The maximum Gasteiger partial charge on any atom is 0.318 e. The van der Waals surface area contributed by atoms with Crippen LogP contribution in [0.25, 0.3) is 0 Å². The molecule has 1 aromatic carbocycles. The number of nitrogen functional groups attached to an aromatic ring is 1. The molecule has 38 heavy (non-hydrogen) atoms. The highest BCUT2D eigenvalue weighted by Crippen LogP contribution is 2.48. The van der Waals surface area contributed by atoms with Crippen molar-refractivity contribution in [2.75, 3.05) is 37.4 Å². The lowest BCUT2D eigenvalue weighted by Crippen LogP contribution is -2.44. The number of rotatable bonds is 5. The molecule has 1 spiro atoms. The Balaban J connectivity index is 1.26. The van der Waals surface area contributed by atoms with Gasteiger partial charge in [-0.2, -0.15) is 15.2 Å². The molecule has 0 amide bonds. The van der Waals surface area contributed by atoms with Crippen LogP contribution in [0.4, 0.5) is 15.9 Å². The van der Waals surface area contributed by atoms with E-state index in [2.05, 4.69) is 22.9 Å². The minimum atomic E-state index is -0.801. The van der Waals surface area contributed by atoms with Crippen LogP contribution < -0.4 is 15.4 Å². The lowest BCUT2D eigenvalue weighted by molar-refractivity contribution is -0.0857. The van der Waals surface area contributed by atoms with Gasteiger partial charge in [0.2, 0.25) is 0 Å². The highest BCUT2D eigenvalue weighted by atomic mass is 19.1. The summed E-state index contributed by atoms with van der Waals surface area (Å²) >= 11 is 0. The van der Waals surface area contributed by atoms with E-state index in [0.29, 0.717) is 55.9 Å². The third kappa shape index (κ3) is 3.76. The molecule has 3 atom stereocenters. The largest absolute Gasteiger partial charge is 0.461 e. The smallest absolute Gasteiger partial charge is 0.318 e. The van der Waals surface area contributed by atoms with Gasteiger partial charge in [0.1, 0.15) is 30.3 Å². The average molecular weight is 519 g/mol. The maximum atomic E-state index is 14.3. The molecule has 2 N–H and O–H groups in total. The molecule has 5 aliphatic rings. The first-order chi connectivity index (χ1) is 18.4. The molecule has 1 saturated carbocycles. The first kappa shape index (κ1) is 24.1. The van der Waals surface area contributed by atoms with Gasteiger partial charge in [0, 0.05) is 49.3 Å². The Morgan fingerprint density at radius 3 is 2.97 bits per heavy atom. The molecule has 7 rings (SSSR count). The first-order valence-electron chi connectivity index (χ1n) is 14.0. The number of alkyl halides is 1. The van der Waals surface area contributed by atoms with Gasteiger partial charge in [-0.15, -0.1) is 0 Å². The number of nitrogens with two attached hydrogens (primary N) is 1. The summed E-state index contributed by atoms with van der Waals surface area (Å²) in [4.78, 5) is 14.3. The van der Waals surface area contributed by atoms with Crippen LogP contribution in [0.5, 0.6) is 6.01 Å². The number of benzene rings is 1. The maximum absolute atomic E-state index is 14.3. The Labute approximate surface area is 222 Å². The number of nitriles is 1. The summed E-state index contributed by atoms with van der Waals surface area (Å²) in [5, 5.41) is 10.0. The van der Waals surface area contributed by atoms with E-state index >= 15 is 0 Å². The quantitative estimate of drug-likeness (QED) is 0.597. The predicted molar refractivity (Wildman–Crippen MR) is 141 cm³/mol. The summed E-state index contributed by atoms with van der Waals surface area (Å²) in [6.07, 6.45) is 7.24. The number of hydrogen-bond acceptors (Lipinski definition) is 8. The van der Waals surface area contributed by atoms with Gasteiger partial charge in [0.15, 0.2) is 0 Å². The van der Waals surface area contributed by atoms with Crippen LogP contribution in [0.1, 0.15) is 72.9 Å². The molecule has 0 radical (unpaired) electrons. The monoisotopic (exact) mass is 518 g/mol. The van der Waals surface area contributed by atoms with Gasteiger partial charge >= 0.3 is 6.01 Å². The van der Waals surface area contributed by atoms with Crippen molar-refractivity contribution in [1.82, 2.24) is 14.9 Å². The van der Waals surface area contributed by atoms with Gasteiger partial charge in [0.25, 0.3) is 0 Å². The van der Waals surface area contributed by atoms with Gasteiger partial charge in [-0.05, 0) is 63.1 Å². The van der Waals surface area contributed by atoms with E-state index in [-0.39, 0.29) is 5.54 Å². The normalized spacial score (nSPS) is 30.0. The van der Waals surface area contributed by atoms with Gasteiger partial charge in [-0.1, -0.05) is 6.07 Å². The molecule has 2 aliphatic carbocycles. The fourth-order valence-electron chi connectivity index (χ4n) is 7.48. The van der Waals surface area contributed by atoms with E-state index in [1.807, 2.05) is 12.1 Å². The topological polar surface area (TPSA) is 101 Å². The van der Waals surface area contributed by atoms with Crippen molar-refractivity contribution < 1.29 is 13.9 Å². The van der Waals surface area contributed by atoms with Crippen LogP contribution >= 0.6 is 0 Å². The first-order valence-corrected chi connectivity index (χ1v) is 14.0. The number of anilines is 2. The summed E-state index contributed by atoms with van der Waals surface area (Å²) in [5.41, 5.74) is 10.3. The van der Waals surface area contributed by atoms with Gasteiger partial charge in [-0.3, -0.25) is 4.90 Å². The minimum Gasteiger partial charge on any atom is -0.461 e. The zero-order valence-corrected chi connectivity index (χ0v) is 22.0. The molecule has 3 unspecified atom stereocenters. The van der Waals surface area contributed by atoms with Crippen LogP contribution in [-0.4, -0.2) is 59.4 Å². The molecule has 3 fully saturated rings. The number of nitrogens with zero attached hydrogens (tertiary/aromatic N) is 5. The van der Waals surface area contributed by atoms with Crippen molar-refractivity contribution in [1.29, 1.82) is 5.26 Å². The molecule has 2 aromatic rings. The number of ether oxygens (including phenoxy) is 2. The lowest BCUT2D eigenvalue weighted by Gasteiger charge is -2.43. The highest BCUT2D eigenvalue weighted by Gasteiger charge is 2.50. The molecule has 8 nitrogen and oxygen atoms in total. The average Bonchev–Trinajstić information content (AvgIpc) is 3.62. The lowest BCUT2D eigenvalue weighted by atomic mass is 9.72. The third-order valence-corrected chi connectivity index (χ3v) is 9.57. The minimum absolute atomic E-state index is 0.257. The Bertz CT molecular complexity index is 1330. The second-order valence-electron chi connectivity index (χ2n) is 12.0. The number of halogens is 1. The van der Waals surface area contributed by atoms with Gasteiger partial charge in [-0.25, -0.2) is 4.39 Å². The fourth-order valence-corrected chi connectivity index (χ4v) is 7.48. The van der Waals surface area contributed by atoms with E-state index in [1.165, 1.54) is 0 Å². The molecule has 4 heterocycles. The van der Waals surface area contributed by atoms with E-state index in [4.69, 9.17) is 25.2 Å². The molecular weight excluding hydrogens is 483 g/mol. The number of fused-ring (bicyclic) bond motifs is 4. The van der Waals surface area contributed by atoms with Crippen molar-refractivity contribution in [2.45, 2.75) is 87.7 Å². The Morgan fingerprint density at radius 2 is 2.16 bits per heavy atom. The summed E-state index contributed by atoms with van der Waals surface area (Å²) in [5.74, 6) is 0.863. The molecule has 3 aliphatic heterocycles. The van der Waals surface area contributed by atoms with Crippen molar-refractivity contribution in [3.63, 3.8) is 0 Å². The van der Waals surface area contributed by atoms with Crippen molar-refractivity contribution in [2.24, 2.45) is 0 Å². The summed E-state index contributed by atoms with van der Waals surface area (Å²) in [7, 11) is 2.08. The van der Waals surface area contributed by atoms with E-state index < -0.39 is 11.8 Å². The predicted octanol–water partition coefficient (Wildman–Crippen LogP) is 3.79. The number of aromatic nitrogens is 2. The Morgan fingerprint density at radius 1 is 1.29 bits per heavy atom. The van der Waals surface area contributed by atoms with Gasteiger partial charge < -0.3 is 20.1 Å². The third-order valence-electron chi connectivity index (χ3n) is 9.57. The summed E-state index contributed by atoms with van der Waals surface area (Å²) < 4.78 is 27.4. The van der Waals surface area contributed by atoms with Gasteiger partial charge in [0.05, 0.1) is 23.4 Å². The second-order valence-corrected chi connectivity index (χ2v) is 12.0. The molecule has 9 heteroatoms. The number of hydrogen-bond donors (Lipinski definition) is 1. The van der Waals surface area contributed by atoms with Crippen molar-refractivity contribution in [3.8, 4) is 12.1 Å². The Hall–Kier alpha value is -2.96. The Kier molecular flexibility index (Phi) is 5.57. The fraction of sp³-hybridized carbons (Fsp3) is 0.621. The zero-order chi connectivity index (χ0) is 26.1. The van der Waals surface area contributed by atoms with E-state index in [1.54, 1.807) is 0 Å². The second kappa shape index (κ2) is 8.78. The highest BCUT2D eigenvalue weighted by molar-refractivity contribution is 5.63. The summed E-state index contributed by atoms with van der Waals surface area (Å²) in [6, 6.07) is 7.05. The molecule has 0 bridgehead atoms. The van der Waals surface area contributed by atoms with Crippen molar-refractivity contribution >= 4 is 11.5 Å². The number of aryl methyl sites for hydroxylation is 1. The van der Waals surface area contributed by atoms with E-state index in [0.717, 1.165) is 79.7 Å². The molecule has 1 aromatic heterocycles.